The van der Waals surface area contributed by atoms with E-state index in [2.05, 4.69) is 21.7 Å². The number of imidazole rings is 1. The molecule has 5 aromatic rings. The van der Waals surface area contributed by atoms with Crippen molar-refractivity contribution < 1.29 is 0 Å². The molecule has 3 aromatic carbocycles. The molecule has 0 aliphatic rings. The van der Waals surface area contributed by atoms with Gasteiger partial charge in [-0.3, -0.25) is 9.36 Å². The molecule has 0 N–H and O–H groups in total. The molecule has 6 nitrogen and oxygen atoms in total. The van der Waals surface area contributed by atoms with Gasteiger partial charge in [-0.15, -0.1) is 0 Å². The molecule has 0 radical (unpaired) electrons. The highest BCUT2D eigenvalue weighted by molar-refractivity contribution is 5.78. The Morgan fingerprint density at radius 2 is 1.50 bits per heavy atom. The molecule has 2 aromatic heterocycles. The molecule has 2 heterocycles. The van der Waals surface area contributed by atoms with Crippen molar-refractivity contribution in [2.24, 2.45) is 0 Å². The average molecular weight is 422 g/mol. The lowest BCUT2D eigenvalue weighted by Gasteiger charge is -2.21. The Kier molecular flexibility index (Phi) is 5.25. The summed E-state index contributed by atoms with van der Waals surface area (Å²) in [6, 6.07) is 26.5. The first kappa shape index (κ1) is 19.8. The number of fused-ring (bicyclic) bond motifs is 1. The summed E-state index contributed by atoms with van der Waals surface area (Å²) in [5.74, 6) is 0. The number of aromatic nitrogens is 4. The van der Waals surface area contributed by atoms with E-state index in [0.717, 1.165) is 5.56 Å². The monoisotopic (exact) mass is 422 g/mol. The first-order valence-corrected chi connectivity index (χ1v) is 10.6. The smallest absolute Gasteiger partial charge is 0.330 e. The highest BCUT2D eigenvalue weighted by atomic mass is 16.2. The topological polar surface area (TPSA) is 61.8 Å². The van der Waals surface area contributed by atoms with Crippen LogP contribution in [0.2, 0.25) is 0 Å². The lowest BCUT2D eigenvalue weighted by atomic mass is 10.0. The fraction of sp³-hybridized carbons (Fsp3) is 0.115. The van der Waals surface area contributed by atoms with Crippen LogP contribution in [0.15, 0.2) is 113 Å². The van der Waals surface area contributed by atoms with E-state index in [1.807, 2.05) is 60.8 Å². The number of rotatable bonds is 6. The minimum Gasteiger partial charge on any atom is -0.330 e. The fourth-order valence-corrected chi connectivity index (χ4v) is 4.21. The van der Waals surface area contributed by atoms with Crippen LogP contribution in [-0.4, -0.2) is 18.7 Å². The fourth-order valence-electron chi connectivity index (χ4n) is 4.21. The summed E-state index contributed by atoms with van der Waals surface area (Å²) in [6.45, 7) is 0.449. The van der Waals surface area contributed by atoms with E-state index in [9.17, 15) is 9.59 Å². The minimum atomic E-state index is -0.336. The van der Waals surface area contributed by atoms with Gasteiger partial charge in [-0.2, -0.15) is 0 Å². The average Bonchev–Trinajstić information content (AvgIpc) is 3.37. The van der Waals surface area contributed by atoms with Crippen LogP contribution in [0.25, 0.3) is 16.6 Å². The lowest BCUT2D eigenvalue weighted by Crippen LogP contribution is -2.39. The Hall–Kier alpha value is -4.19. The second kappa shape index (κ2) is 8.51. The predicted molar refractivity (Wildman–Crippen MR) is 125 cm³/mol. The Balaban J connectivity index is 1.63. The first-order chi connectivity index (χ1) is 15.7. The van der Waals surface area contributed by atoms with Gasteiger partial charge in [-0.1, -0.05) is 60.7 Å². The number of aryl methyl sites for hydroxylation is 1. The highest BCUT2D eigenvalue weighted by Crippen LogP contribution is 2.23. The number of para-hydroxylation sites is 2. The molecule has 1 atom stereocenters. The zero-order chi connectivity index (χ0) is 21.9. The molecule has 6 heteroatoms. The third-order valence-corrected chi connectivity index (χ3v) is 5.76. The van der Waals surface area contributed by atoms with Crippen molar-refractivity contribution in [3.63, 3.8) is 0 Å². The third-order valence-electron chi connectivity index (χ3n) is 5.76. The molecule has 0 bridgehead atoms. The van der Waals surface area contributed by atoms with Gasteiger partial charge in [0.25, 0.3) is 5.56 Å². The van der Waals surface area contributed by atoms with Crippen LogP contribution in [0.5, 0.6) is 0 Å². The molecule has 0 amide bonds. The van der Waals surface area contributed by atoms with E-state index >= 15 is 0 Å². The van der Waals surface area contributed by atoms with Gasteiger partial charge >= 0.3 is 5.69 Å². The largest absolute Gasteiger partial charge is 0.336 e. The molecule has 0 fully saturated rings. The van der Waals surface area contributed by atoms with Gasteiger partial charge in [-0.25, -0.2) is 14.3 Å². The van der Waals surface area contributed by atoms with Crippen molar-refractivity contribution >= 4 is 10.9 Å². The molecule has 32 heavy (non-hydrogen) atoms. The summed E-state index contributed by atoms with van der Waals surface area (Å²) >= 11 is 0. The summed E-state index contributed by atoms with van der Waals surface area (Å²) in [4.78, 5) is 30.9. The minimum absolute atomic E-state index is 0.0152. The zero-order valence-electron chi connectivity index (χ0n) is 17.4. The molecular weight excluding hydrogens is 400 g/mol. The molecule has 158 valence electrons. The number of nitrogens with zero attached hydrogens (tertiary/aromatic N) is 4. The van der Waals surface area contributed by atoms with Crippen molar-refractivity contribution in [3.8, 4) is 5.69 Å². The maximum Gasteiger partial charge on any atom is 0.336 e. The molecule has 0 aliphatic heterocycles. The molecule has 0 saturated heterocycles. The van der Waals surface area contributed by atoms with Crippen LogP contribution in [0, 0.1) is 0 Å². The summed E-state index contributed by atoms with van der Waals surface area (Å²) in [5, 5.41) is 0.523. The van der Waals surface area contributed by atoms with E-state index in [-0.39, 0.29) is 17.3 Å². The molecule has 0 saturated carbocycles. The third kappa shape index (κ3) is 3.56. The molecule has 5 rings (SSSR count). The summed E-state index contributed by atoms with van der Waals surface area (Å²) in [5.41, 5.74) is 1.71. The summed E-state index contributed by atoms with van der Waals surface area (Å²) < 4.78 is 5.02. The van der Waals surface area contributed by atoms with Crippen molar-refractivity contribution in [1.82, 2.24) is 18.7 Å². The summed E-state index contributed by atoms with van der Waals surface area (Å²) in [6.07, 6.45) is 6.15. The SMILES string of the molecule is O=c1c2ccccc2n(CCC(c2ccccc2)n2ccnc2)c(=O)n1-c1ccccc1. The maximum atomic E-state index is 13.5. The van der Waals surface area contributed by atoms with Crippen LogP contribution in [0.4, 0.5) is 0 Å². The molecule has 0 spiro atoms. The van der Waals surface area contributed by atoms with E-state index in [1.54, 1.807) is 35.3 Å². The highest BCUT2D eigenvalue weighted by Gasteiger charge is 2.17. The quantitative estimate of drug-likeness (QED) is 0.415. The van der Waals surface area contributed by atoms with Crippen LogP contribution < -0.4 is 11.2 Å². The van der Waals surface area contributed by atoms with E-state index < -0.39 is 0 Å². The van der Waals surface area contributed by atoms with Crippen molar-refractivity contribution in [3.05, 3.63) is 130 Å². The van der Waals surface area contributed by atoms with Crippen LogP contribution in [0.3, 0.4) is 0 Å². The zero-order valence-corrected chi connectivity index (χ0v) is 17.4. The van der Waals surface area contributed by atoms with Gasteiger partial charge in [-0.05, 0) is 36.2 Å². The van der Waals surface area contributed by atoms with Gasteiger partial charge in [0.05, 0.1) is 29.0 Å². The van der Waals surface area contributed by atoms with Crippen LogP contribution >= 0.6 is 0 Å². The van der Waals surface area contributed by atoms with Gasteiger partial charge in [0.1, 0.15) is 0 Å². The maximum absolute atomic E-state index is 13.5. The lowest BCUT2D eigenvalue weighted by molar-refractivity contribution is 0.484. The number of benzene rings is 3. The van der Waals surface area contributed by atoms with Crippen molar-refractivity contribution in [2.45, 2.75) is 19.0 Å². The Morgan fingerprint density at radius 3 is 2.22 bits per heavy atom. The summed E-state index contributed by atoms with van der Waals surface area (Å²) in [7, 11) is 0. The number of hydrogen-bond acceptors (Lipinski definition) is 3. The van der Waals surface area contributed by atoms with E-state index in [0.29, 0.717) is 29.6 Å². The van der Waals surface area contributed by atoms with Crippen LogP contribution in [-0.2, 0) is 6.54 Å². The van der Waals surface area contributed by atoms with Crippen molar-refractivity contribution in [1.29, 1.82) is 0 Å². The molecule has 0 aliphatic carbocycles. The van der Waals surface area contributed by atoms with Crippen molar-refractivity contribution in [2.75, 3.05) is 0 Å². The van der Waals surface area contributed by atoms with Gasteiger partial charge < -0.3 is 4.57 Å². The second-order valence-electron chi connectivity index (χ2n) is 7.65. The van der Waals surface area contributed by atoms with Crippen LogP contribution in [0.1, 0.15) is 18.0 Å². The first-order valence-electron chi connectivity index (χ1n) is 10.6. The standard InChI is InChI=1S/C26H22N4O2/c31-25-22-13-7-8-14-24(22)29(26(32)30(25)21-11-5-2-6-12-21)17-15-23(28-18-16-27-19-28)20-9-3-1-4-10-20/h1-14,16,18-19,23H,15,17H2. The van der Waals surface area contributed by atoms with E-state index in [4.69, 9.17) is 0 Å². The normalized spacial score (nSPS) is 12.1. The second-order valence-corrected chi connectivity index (χ2v) is 7.65. The predicted octanol–water partition coefficient (Wildman–Crippen LogP) is 4.03. The Bertz CT molecular complexity index is 1450. The van der Waals surface area contributed by atoms with E-state index in [1.165, 1.54) is 4.57 Å². The Labute approximate surface area is 184 Å². The number of hydrogen-bond donors (Lipinski definition) is 0. The molecular formula is C26H22N4O2. The van der Waals surface area contributed by atoms with Gasteiger partial charge in [0.2, 0.25) is 0 Å². The Morgan fingerprint density at radius 1 is 0.812 bits per heavy atom. The molecule has 1 unspecified atom stereocenters. The van der Waals surface area contributed by atoms with Gasteiger partial charge in [0, 0.05) is 18.9 Å². The van der Waals surface area contributed by atoms with Gasteiger partial charge in [0.15, 0.2) is 0 Å².